The van der Waals surface area contributed by atoms with E-state index in [4.69, 9.17) is 14.3 Å². The van der Waals surface area contributed by atoms with E-state index in [1.807, 2.05) is 6.07 Å². The lowest BCUT2D eigenvalue weighted by atomic mass is 9.43. The summed E-state index contributed by atoms with van der Waals surface area (Å²) < 4.78 is 11.2. The Balaban J connectivity index is 1.08. The number of hydrogen-bond acceptors (Lipinski definition) is 7. The van der Waals surface area contributed by atoms with Gasteiger partial charge in [-0.05, 0) is 111 Å². The summed E-state index contributed by atoms with van der Waals surface area (Å²) in [6.07, 6.45) is 11.9. The minimum absolute atomic E-state index is 0.0374. The molecular formula is C32H48N2O6. The maximum Gasteiger partial charge on any atom is 0.407 e. The number of carbonyl (C=O) groups excluding carboxylic acids is 1. The molecule has 1 saturated heterocycles. The molecule has 2 heterocycles. The van der Waals surface area contributed by atoms with Crippen molar-refractivity contribution in [3.8, 4) is 0 Å². The van der Waals surface area contributed by atoms with Crippen molar-refractivity contribution < 1.29 is 24.2 Å². The van der Waals surface area contributed by atoms with Crippen LogP contribution in [0.5, 0.6) is 0 Å². The van der Waals surface area contributed by atoms with Gasteiger partial charge in [0.1, 0.15) is 6.10 Å². The highest BCUT2D eigenvalue weighted by Gasteiger charge is 2.67. The molecule has 1 aromatic rings. The number of ether oxygens (including phenoxy) is 1. The van der Waals surface area contributed by atoms with Crippen LogP contribution < -0.4 is 10.9 Å². The third-order valence-electron chi connectivity index (χ3n) is 12.5. The number of likely N-dealkylation sites (tertiary alicyclic amines) is 1. The van der Waals surface area contributed by atoms with Crippen molar-refractivity contribution in [2.75, 3.05) is 26.2 Å². The number of piperidine rings is 1. The summed E-state index contributed by atoms with van der Waals surface area (Å²) in [4.78, 5) is 26.6. The highest BCUT2D eigenvalue weighted by atomic mass is 16.6. The van der Waals surface area contributed by atoms with Gasteiger partial charge in [-0.1, -0.05) is 13.8 Å². The van der Waals surface area contributed by atoms with Crippen molar-refractivity contribution in [2.24, 2.45) is 28.6 Å². The number of alkyl carbamates (subject to hydrolysis) is 1. The van der Waals surface area contributed by atoms with Gasteiger partial charge in [-0.2, -0.15) is 0 Å². The molecular weight excluding hydrogens is 508 g/mol. The molecule has 6 rings (SSSR count). The molecule has 5 fully saturated rings. The quantitative estimate of drug-likeness (QED) is 0.492. The van der Waals surface area contributed by atoms with Gasteiger partial charge in [0.05, 0.1) is 18.5 Å². The van der Waals surface area contributed by atoms with Crippen molar-refractivity contribution in [1.29, 1.82) is 0 Å². The van der Waals surface area contributed by atoms with E-state index in [0.29, 0.717) is 18.4 Å². The summed E-state index contributed by atoms with van der Waals surface area (Å²) in [6, 6.07) is 3.55. The third-order valence-corrected chi connectivity index (χ3v) is 12.5. The number of aliphatic hydroxyl groups excluding tert-OH is 1. The van der Waals surface area contributed by atoms with Crippen LogP contribution in [0.1, 0.15) is 96.0 Å². The van der Waals surface area contributed by atoms with Crippen LogP contribution in [0.2, 0.25) is 0 Å². The van der Waals surface area contributed by atoms with Crippen LogP contribution in [-0.4, -0.2) is 65.2 Å². The van der Waals surface area contributed by atoms with Crippen LogP contribution in [0, 0.1) is 28.6 Å². The summed E-state index contributed by atoms with van der Waals surface area (Å²) in [5, 5.41) is 24.7. The standard InChI is InChI=1S/C32H48N2O6/c1-30-12-7-24(40-29(37)33-23-10-15-34(16-11-23)17-18-35)19-22(30)4-5-27-26(30)8-13-31(2)25(9-14-32(27,31)38)21-3-6-28(36)39-20-21/h3,6,20,22-27,35,38H,4-5,7-19H2,1-2H3,(H,33,37)/t22-,24+,25-,26+,27-,30+,31-,32+/m1/s1. The smallest absolute Gasteiger partial charge is 0.407 e. The number of fused-ring (bicyclic) bond motifs is 5. The zero-order chi connectivity index (χ0) is 28.1. The molecule has 8 heteroatoms. The first kappa shape index (κ1) is 28.2. The number of amides is 1. The lowest BCUT2D eigenvalue weighted by molar-refractivity contribution is -0.205. The second-order valence-corrected chi connectivity index (χ2v) is 14.1. The Morgan fingerprint density at radius 1 is 1.05 bits per heavy atom. The van der Waals surface area contributed by atoms with Crippen LogP contribution in [0.25, 0.3) is 0 Å². The fourth-order valence-electron chi connectivity index (χ4n) is 10.2. The van der Waals surface area contributed by atoms with Crippen LogP contribution >= 0.6 is 0 Å². The Bertz CT molecular complexity index is 1110. The zero-order valence-electron chi connectivity index (χ0n) is 24.3. The largest absolute Gasteiger partial charge is 0.446 e. The van der Waals surface area contributed by atoms with E-state index in [9.17, 15) is 14.7 Å². The van der Waals surface area contributed by atoms with Crippen LogP contribution in [-0.2, 0) is 4.74 Å². The van der Waals surface area contributed by atoms with Crippen molar-refractivity contribution in [3.63, 3.8) is 0 Å². The molecule has 0 unspecified atom stereocenters. The minimum Gasteiger partial charge on any atom is -0.446 e. The first-order chi connectivity index (χ1) is 19.2. The first-order valence-electron chi connectivity index (χ1n) is 15.8. The Morgan fingerprint density at radius 3 is 2.58 bits per heavy atom. The van der Waals surface area contributed by atoms with E-state index in [-0.39, 0.29) is 53.1 Å². The number of carbonyl (C=O) groups is 1. The molecule has 4 saturated carbocycles. The van der Waals surface area contributed by atoms with Gasteiger partial charge in [0.2, 0.25) is 0 Å². The highest BCUT2D eigenvalue weighted by Crippen LogP contribution is 2.70. The predicted molar refractivity (Wildman–Crippen MR) is 151 cm³/mol. The molecule has 8 atom stereocenters. The molecule has 1 aromatic heterocycles. The summed E-state index contributed by atoms with van der Waals surface area (Å²) in [6.45, 7) is 7.40. The molecule has 40 heavy (non-hydrogen) atoms. The molecule has 3 N–H and O–H groups in total. The van der Waals surface area contributed by atoms with Gasteiger partial charge < -0.3 is 29.6 Å². The van der Waals surface area contributed by atoms with Gasteiger partial charge in [0.25, 0.3) is 0 Å². The molecule has 222 valence electrons. The lowest BCUT2D eigenvalue weighted by Gasteiger charge is -2.63. The van der Waals surface area contributed by atoms with E-state index >= 15 is 0 Å². The molecule has 5 aliphatic rings. The number of nitrogens with zero attached hydrogens (tertiary/aromatic N) is 1. The second kappa shape index (κ2) is 10.7. The Hall–Kier alpha value is -1.90. The van der Waals surface area contributed by atoms with E-state index in [0.717, 1.165) is 89.3 Å². The predicted octanol–water partition coefficient (Wildman–Crippen LogP) is 4.43. The zero-order valence-corrected chi connectivity index (χ0v) is 24.3. The van der Waals surface area contributed by atoms with E-state index < -0.39 is 5.60 Å². The van der Waals surface area contributed by atoms with Crippen molar-refractivity contribution in [1.82, 2.24) is 10.2 Å². The van der Waals surface area contributed by atoms with E-state index in [1.165, 1.54) is 6.07 Å². The molecule has 4 aliphatic carbocycles. The van der Waals surface area contributed by atoms with Crippen LogP contribution in [0.15, 0.2) is 27.6 Å². The molecule has 0 aromatic carbocycles. The lowest BCUT2D eigenvalue weighted by Crippen LogP contribution is -2.62. The highest BCUT2D eigenvalue weighted by molar-refractivity contribution is 5.67. The summed E-state index contributed by atoms with van der Waals surface area (Å²) in [5.41, 5.74) is -0.0426. The van der Waals surface area contributed by atoms with E-state index in [1.54, 1.807) is 6.26 Å². The van der Waals surface area contributed by atoms with Crippen molar-refractivity contribution in [2.45, 2.75) is 108 Å². The maximum absolute atomic E-state index is 12.8. The number of nitrogens with one attached hydrogen (secondary N) is 1. The molecule has 0 radical (unpaired) electrons. The summed E-state index contributed by atoms with van der Waals surface area (Å²) >= 11 is 0. The molecule has 0 bridgehead atoms. The van der Waals surface area contributed by atoms with Crippen molar-refractivity contribution >= 4 is 6.09 Å². The van der Waals surface area contributed by atoms with Gasteiger partial charge in [-0.3, -0.25) is 0 Å². The Kier molecular flexibility index (Phi) is 7.58. The first-order valence-corrected chi connectivity index (χ1v) is 15.8. The normalized spacial score (nSPS) is 42.0. The Labute approximate surface area is 237 Å². The SMILES string of the molecule is C[C@]12CC[C@H](OC(=O)NC3CCN(CCO)CC3)C[C@H]1CC[C@@H]1[C@@H]2CC[C@]2(C)[C@@H](c3ccc(=O)oc3)CC[C@]12O. The van der Waals surface area contributed by atoms with Gasteiger partial charge in [-0.25, -0.2) is 9.59 Å². The third kappa shape index (κ3) is 4.72. The minimum atomic E-state index is -0.704. The van der Waals surface area contributed by atoms with Crippen LogP contribution in [0.3, 0.4) is 0 Å². The number of aliphatic hydroxyl groups is 2. The fourth-order valence-corrected chi connectivity index (χ4v) is 10.2. The number of rotatable bonds is 5. The van der Waals surface area contributed by atoms with Gasteiger partial charge in [0.15, 0.2) is 0 Å². The molecule has 8 nitrogen and oxygen atoms in total. The van der Waals surface area contributed by atoms with Crippen LogP contribution in [0.4, 0.5) is 4.79 Å². The van der Waals surface area contributed by atoms with E-state index in [2.05, 4.69) is 24.1 Å². The molecule has 1 amide bonds. The average Bonchev–Trinajstić information content (AvgIpc) is 3.22. The second-order valence-electron chi connectivity index (χ2n) is 14.1. The Morgan fingerprint density at radius 2 is 1.85 bits per heavy atom. The van der Waals surface area contributed by atoms with Gasteiger partial charge >= 0.3 is 11.7 Å². The summed E-state index contributed by atoms with van der Waals surface area (Å²) in [5.74, 6) is 1.48. The molecule has 1 aliphatic heterocycles. The monoisotopic (exact) mass is 556 g/mol. The number of hydrogen-bond donors (Lipinski definition) is 3. The van der Waals surface area contributed by atoms with Gasteiger partial charge in [-0.15, -0.1) is 0 Å². The number of β-amino-alcohol motifs (C(OH)–C–C–N with tert-alkyl or cyclic N) is 1. The average molecular weight is 557 g/mol. The topological polar surface area (TPSA) is 112 Å². The van der Waals surface area contributed by atoms with Crippen molar-refractivity contribution in [3.05, 3.63) is 34.4 Å². The van der Waals surface area contributed by atoms with Gasteiger partial charge in [0, 0.05) is 37.2 Å². The fraction of sp³-hybridized carbons (Fsp3) is 0.812. The summed E-state index contributed by atoms with van der Waals surface area (Å²) in [7, 11) is 0. The maximum atomic E-state index is 12.8. The molecule has 0 spiro atoms.